The van der Waals surface area contributed by atoms with Crippen molar-refractivity contribution in [2.75, 3.05) is 18.5 Å². The first kappa shape index (κ1) is 23.0. The predicted octanol–water partition coefficient (Wildman–Crippen LogP) is 4.57. The van der Waals surface area contributed by atoms with Gasteiger partial charge in [-0.1, -0.05) is 19.8 Å². The van der Waals surface area contributed by atoms with E-state index in [1.54, 1.807) is 32.0 Å². The molecule has 152 valence electrons. The smallest absolute Gasteiger partial charge is 0.341 e. The van der Waals surface area contributed by atoms with Crippen molar-refractivity contribution in [2.45, 2.75) is 72.5 Å². The molecular weight excluding hydrogens is 346 g/mol. The summed E-state index contributed by atoms with van der Waals surface area (Å²) >= 11 is 0. The highest BCUT2D eigenvalue weighted by Crippen LogP contribution is 2.27. The van der Waals surface area contributed by atoms with Crippen LogP contribution in [0.15, 0.2) is 18.2 Å². The van der Waals surface area contributed by atoms with Crippen molar-refractivity contribution in [1.82, 2.24) is 0 Å². The first-order valence-corrected chi connectivity index (χ1v) is 9.70. The van der Waals surface area contributed by atoms with Gasteiger partial charge in [-0.05, 0) is 59.2 Å². The van der Waals surface area contributed by atoms with Crippen LogP contribution in [0.25, 0.3) is 0 Å². The van der Waals surface area contributed by atoms with Crippen LogP contribution in [0.5, 0.6) is 5.75 Å². The van der Waals surface area contributed by atoms with Crippen molar-refractivity contribution in [2.24, 2.45) is 0 Å². The van der Waals surface area contributed by atoms with Crippen molar-refractivity contribution < 1.29 is 23.8 Å². The second-order valence-corrected chi connectivity index (χ2v) is 6.82. The van der Waals surface area contributed by atoms with Gasteiger partial charge >= 0.3 is 5.97 Å². The molecule has 0 fully saturated rings. The van der Waals surface area contributed by atoms with Gasteiger partial charge in [-0.15, -0.1) is 0 Å². The number of hydrogen-bond donors (Lipinski definition) is 1. The summed E-state index contributed by atoms with van der Waals surface area (Å²) in [5, 5.41) is 2.87. The van der Waals surface area contributed by atoms with Crippen LogP contribution in [0.2, 0.25) is 0 Å². The molecule has 0 aliphatic rings. The van der Waals surface area contributed by atoms with Gasteiger partial charge in [0, 0.05) is 12.3 Å². The maximum absolute atomic E-state index is 12.8. The Morgan fingerprint density at radius 1 is 1.15 bits per heavy atom. The molecule has 0 aliphatic carbocycles. The van der Waals surface area contributed by atoms with Crippen LogP contribution < -0.4 is 10.1 Å². The third-order valence-electron chi connectivity index (χ3n) is 4.05. The highest BCUT2D eigenvalue weighted by atomic mass is 16.5. The van der Waals surface area contributed by atoms with Crippen LogP contribution in [0, 0.1) is 0 Å². The molecular formula is C21H33NO5. The van der Waals surface area contributed by atoms with E-state index in [-0.39, 0.29) is 24.2 Å². The summed E-state index contributed by atoms with van der Waals surface area (Å²) < 4.78 is 16.5. The highest BCUT2D eigenvalue weighted by Gasteiger charge is 2.33. The summed E-state index contributed by atoms with van der Waals surface area (Å²) in [6.07, 6.45) is 2.40. The Hall–Kier alpha value is -2.08. The molecule has 0 saturated heterocycles. The molecule has 0 aromatic heterocycles. The minimum atomic E-state index is -0.915. The lowest BCUT2D eigenvalue weighted by atomic mass is 9.97. The number of carbonyl (C=O) groups is 2. The third kappa shape index (κ3) is 6.86. The van der Waals surface area contributed by atoms with E-state index in [4.69, 9.17) is 14.2 Å². The summed E-state index contributed by atoms with van der Waals surface area (Å²) in [6, 6.07) is 4.97. The van der Waals surface area contributed by atoms with E-state index in [2.05, 4.69) is 12.2 Å². The molecule has 1 atom stereocenters. The number of ether oxygens (including phenoxy) is 3. The molecule has 6 heteroatoms. The zero-order valence-electron chi connectivity index (χ0n) is 17.4. The number of benzene rings is 1. The van der Waals surface area contributed by atoms with E-state index in [1.807, 2.05) is 20.8 Å². The van der Waals surface area contributed by atoms with Crippen LogP contribution in [-0.4, -0.2) is 36.8 Å². The third-order valence-corrected chi connectivity index (χ3v) is 4.05. The Bertz CT molecular complexity index is 629. The fraction of sp³-hybridized carbons (Fsp3) is 0.619. The first-order valence-electron chi connectivity index (χ1n) is 9.70. The summed E-state index contributed by atoms with van der Waals surface area (Å²) in [6.45, 7) is 12.0. The molecule has 27 heavy (non-hydrogen) atoms. The average Bonchev–Trinajstić information content (AvgIpc) is 2.61. The van der Waals surface area contributed by atoms with Gasteiger partial charge in [0.1, 0.15) is 16.9 Å². The Labute approximate surface area is 162 Å². The Balaban J connectivity index is 3.09. The van der Waals surface area contributed by atoms with E-state index in [0.717, 1.165) is 12.8 Å². The average molecular weight is 379 g/mol. The Kier molecular flexibility index (Phi) is 9.29. The summed E-state index contributed by atoms with van der Waals surface area (Å²) in [5.74, 6) is -0.284. The largest absolute Gasteiger partial charge is 0.490 e. The van der Waals surface area contributed by atoms with Crippen molar-refractivity contribution in [3.63, 3.8) is 0 Å². The van der Waals surface area contributed by atoms with Crippen LogP contribution in [0.1, 0.15) is 71.2 Å². The molecule has 0 radical (unpaired) electrons. The minimum Gasteiger partial charge on any atom is -0.490 e. The predicted molar refractivity (Wildman–Crippen MR) is 106 cm³/mol. The molecule has 0 heterocycles. The van der Waals surface area contributed by atoms with Crippen LogP contribution in [0.4, 0.5) is 5.69 Å². The van der Waals surface area contributed by atoms with Crippen LogP contribution in [-0.2, 0) is 14.3 Å². The quantitative estimate of drug-likeness (QED) is 0.570. The molecule has 0 bridgehead atoms. The number of esters is 1. The zero-order valence-corrected chi connectivity index (χ0v) is 17.4. The molecule has 1 amide bonds. The van der Waals surface area contributed by atoms with Gasteiger partial charge in [-0.2, -0.15) is 0 Å². The number of amides is 1. The molecule has 0 saturated carbocycles. The molecule has 0 spiro atoms. The standard InChI is InChI=1S/C21H33NO5/c1-7-10-13-21(6,26-9-3)20(24)22-16-11-12-18(27-15(4)5)17(14-16)19(23)25-8-2/h11-12,14-15H,7-10,13H2,1-6H3,(H,22,24)/t21-/m0/s1. The van der Waals surface area contributed by atoms with Crippen molar-refractivity contribution >= 4 is 17.6 Å². The number of hydrogen-bond acceptors (Lipinski definition) is 5. The van der Waals surface area contributed by atoms with E-state index >= 15 is 0 Å². The molecule has 1 rings (SSSR count). The lowest BCUT2D eigenvalue weighted by Crippen LogP contribution is -2.42. The lowest BCUT2D eigenvalue weighted by molar-refractivity contribution is -0.139. The summed E-state index contributed by atoms with van der Waals surface area (Å²) in [7, 11) is 0. The van der Waals surface area contributed by atoms with Crippen molar-refractivity contribution in [1.29, 1.82) is 0 Å². The first-order chi connectivity index (χ1) is 12.8. The second-order valence-electron chi connectivity index (χ2n) is 6.82. The van der Waals surface area contributed by atoms with E-state index in [0.29, 0.717) is 24.5 Å². The molecule has 0 aliphatic heterocycles. The fourth-order valence-corrected chi connectivity index (χ4v) is 2.68. The fourth-order valence-electron chi connectivity index (χ4n) is 2.68. The lowest BCUT2D eigenvalue weighted by Gasteiger charge is -2.28. The number of nitrogens with one attached hydrogen (secondary N) is 1. The van der Waals surface area contributed by atoms with Gasteiger partial charge in [0.05, 0.1) is 12.7 Å². The van der Waals surface area contributed by atoms with E-state index < -0.39 is 11.6 Å². The van der Waals surface area contributed by atoms with Gasteiger partial charge in [0.15, 0.2) is 0 Å². The zero-order chi connectivity index (χ0) is 20.4. The summed E-state index contributed by atoms with van der Waals surface area (Å²) in [5.41, 5.74) is -0.126. The monoisotopic (exact) mass is 379 g/mol. The van der Waals surface area contributed by atoms with E-state index in [1.165, 1.54) is 0 Å². The Morgan fingerprint density at radius 2 is 1.85 bits per heavy atom. The Morgan fingerprint density at radius 3 is 2.41 bits per heavy atom. The van der Waals surface area contributed by atoms with Crippen molar-refractivity contribution in [3.8, 4) is 5.75 Å². The van der Waals surface area contributed by atoms with Gasteiger partial charge in [-0.3, -0.25) is 4.79 Å². The number of carbonyl (C=O) groups excluding carboxylic acids is 2. The number of rotatable bonds is 11. The SMILES string of the molecule is CCCC[C@](C)(OCC)C(=O)Nc1ccc(OC(C)C)c(C(=O)OCC)c1. The van der Waals surface area contributed by atoms with Gasteiger partial charge in [0.25, 0.3) is 5.91 Å². The molecule has 1 N–H and O–H groups in total. The minimum absolute atomic E-state index is 0.0890. The van der Waals surface area contributed by atoms with Crippen LogP contribution in [0.3, 0.4) is 0 Å². The van der Waals surface area contributed by atoms with Gasteiger partial charge in [-0.25, -0.2) is 4.79 Å². The molecule has 1 aromatic carbocycles. The maximum atomic E-state index is 12.8. The number of unbranched alkanes of at least 4 members (excludes halogenated alkanes) is 1. The molecule has 0 unspecified atom stereocenters. The normalized spacial score (nSPS) is 13.1. The maximum Gasteiger partial charge on any atom is 0.341 e. The van der Waals surface area contributed by atoms with Gasteiger partial charge in [0.2, 0.25) is 0 Å². The highest BCUT2D eigenvalue weighted by molar-refractivity contribution is 5.99. The van der Waals surface area contributed by atoms with Crippen molar-refractivity contribution in [3.05, 3.63) is 23.8 Å². The van der Waals surface area contributed by atoms with E-state index in [9.17, 15) is 9.59 Å². The topological polar surface area (TPSA) is 73.9 Å². The molecule has 1 aromatic rings. The summed E-state index contributed by atoms with van der Waals surface area (Å²) in [4.78, 5) is 25.1. The molecule has 6 nitrogen and oxygen atoms in total. The van der Waals surface area contributed by atoms with Gasteiger partial charge < -0.3 is 19.5 Å². The second kappa shape index (κ2) is 10.9. The van der Waals surface area contributed by atoms with Crippen LogP contribution >= 0.6 is 0 Å². The number of anilines is 1.